The number of amides is 1. The van der Waals surface area contributed by atoms with E-state index in [0.29, 0.717) is 16.7 Å². The largest absolute Gasteiger partial charge is 0.481 e. The van der Waals surface area contributed by atoms with E-state index in [1.807, 2.05) is 6.92 Å². The molecule has 0 aliphatic rings. The molecule has 0 aliphatic carbocycles. The first kappa shape index (κ1) is 16.6. The highest BCUT2D eigenvalue weighted by atomic mass is 19.1. The summed E-state index contributed by atoms with van der Waals surface area (Å²) in [6.07, 6.45) is -0.338. The molecule has 6 nitrogen and oxygen atoms in total. The zero-order valence-electron chi connectivity index (χ0n) is 13.3. The van der Waals surface area contributed by atoms with Gasteiger partial charge >= 0.3 is 5.97 Å². The fourth-order valence-corrected chi connectivity index (χ4v) is 2.49. The van der Waals surface area contributed by atoms with Gasteiger partial charge in [-0.15, -0.1) is 0 Å². The third-order valence-electron chi connectivity index (χ3n) is 3.69. The number of aromatic nitrogens is 1. The first-order chi connectivity index (χ1) is 11.9. The number of aliphatic carboxylic acids is 1. The van der Waals surface area contributed by atoms with Crippen molar-refractivity contribution >= 4 is 23.0 Å². The molecule has 3 aromatic rings. The second-order valence-electron chi connectivity index (χ2n) is 5.62. The Morgan fingerprint density at radius 2 is 1.96 bits per heavy atom. The first-order valence-electron chi connectivity index (χ1n) is 7.57. The van der Waals surface area contributed by atoms with Crippen LogP contribution in [0.3, 0.4) is 0 Å². The number of carbonyl (C=O) groups excluding carboxylic acids is 1. The topological polar surface area (TPSA) is 92.4 Å². The summed E-state index contributed by atoms with van der Waals surface area (Å²) in [5, 5.41) is 11.7. The summed E-state index contributed by atoms with van der Waals surface area (Å²) in [4.78, 5) is 27.8. The number of hydrogen-bond donors (Lipinski definition) is 2. The van der Waals surface area contributed by atoms with Crippen LogP contribution in [-0.4, -0.2) is 22.0 Å². The van der Waals surface area contributed by atoms with E-state index in [1.165, 1.54) is 30.3 Å². The van der Waals surface area contributed by atoms with Gasteiger partial charge in [0, 0.05) is 11.8 Å². The maximum absolute atomic E-state index is 13.1. The molecule has 3 rings (SSSR count). The predicted octanol–water partition coefficient (Wildman–Crippen LogP) is 3.22. The van der Waals surface area contributed by atoms with Crippen LogP contribution in [-0.2, 0) is 4.79 Å². The summed E-state index contributed by atoms with van der Waals surface area (Å²) < 4.78 is 18.5. The third-order valence-corrected chi connectivity index (χ3v) is 3.69. The van der Waals surface area contributed by atoms with Gasteiger partial charge in [-0.25, -0.2) is 9.37 Å². The SMILES string of the molecule is Cc1ccc2oc(C(=O)NC(CC(=O)O)c3ccc(F)cc3)cc2n1. The fourth-order valence-electron chi connectivity index (χ4n) is 2.49. The van der Waals surface area contributed by atoms with Crippen LogP contribution in [0, 0.1) is 12.7 Å². The number of pyridine rings is 1. The fraction of sp³-hybridized carbons (Fsp3) is 0.167. The van der Waals surface area contributed by atoms with Crippen LogP contribution in [0.2, 0.25) is 0 Å². The normalized spacial score (nSPS) is 12.1. The van der Waals surface area contributed by atoms with Gasteiger partial charge < -0.3 is 14.8 Å². The summed E-state index contributed by atoms with van der Waals surface area (Å²) >= 11 is 0. The van der Waals surface area contributed by atoms with Crippen LogP contribution >= 0.6 is 0 Å². The Balaban J connectivity index is 1.85. The number of furan rings is 1. The zero-order valence-corrected chi connectivity index (χ0v) is 13.3. The molecule has 1 amide bonds. The minimum atomic E-state index is -1.09. The summed E-state index contributed by atoms with van der Waals surface area (Å²) in [6, 6.07) is 9.46. The monoisotopic (exact) mass is 342 g/mol. The Labute approximate surface area is 142 Å². The zero-order chi connectivity index (χ0) is 18.0. The van der Waals surface area contributed by atoms with Gasteiger partial charge in [-0.2, -0.15) is 0 Å². The van der Waals surface area contributed by atoms with Gasteiger partial charge in [0.1, 0.15) is 11.3 Å². The average molecular weight is 342 g/mol. The van der Waals surface area contributed by atoms with Crippen molar-refractivity contribution in [1.29, 1.82) is 0 Å². The molecule has 0 spiro atoms. The van der Waals surface area contributed by atoms with E-state index in [1.54, 1.807) is 12.1 Å². The van der Waals surface area contributed by atoms with E-state index in [4.69, 9.17) is 9.52 Å². The van der Waals surface area contributed by atoms with Crippen LogP contribution in [0.25, 0.3) is 11.1 Å². The van der Waals surface area contributed by atoms with Crippen molar-refractivity contribution in [3.63, 3.8) is 0 Å². The summed E-state index contributed by atoms with van der Waals surface area (Å²) in [5.41, 5.74) is 2.28. The molecule has 0 radical (unpaired) electrons. The van der Waals surface area contributed by atoms with Crippen molar-refractivity contribution in [3.8, 4) is 0 Å². The van der Waals surface area contributed by atoms with Gasteiger partial charge in [0.25, 0.3) is 5.91 Å². The van der Waals surface area contributed by atoms with E-state index in [9.17, 15) is 14.0 Å². The number of nitrogens with one attached hydrogen (secondary N) is 1. The number of nitrogens with zero attached hydrogens (tertiary/aromatic N) is 1. The molecule has 1 aromatic carbocycles. The Morgan fingerprint density at radius 3 is 2.64 bits per heavy atom. The number of carboxylic acids is 1. The molecule has 2 N–H and O–H groups in total. The van der Waals surface area contributed by atoms with Gasteiger partial charge in [0.05, 0.1) is 12.5 Å². The van der Waals surface area contributed by atoms with E-state index in [2.05, 4.69) is 10.3 Å². The molecule has 0 fully saturated rings. The Kier molecular flexibility index (Phi) is 4.47. The molecule has 1 unspecified atom stereocenters. The van der Waals surface area contributed by atoms with Crippen molar-refractivity contribution in [3.05, 3.63) is 65.3 Å². The summed E-state index contributed by atoms with van der Waals surface area (Å²) in [5.74, 6) is -2.06. The molecule has 2 aromatic heterocycles. The second-order valence-corrected chi connectivity index (χ2v) is 5.62. The Morgan fingerprint density at radius 1 is 1.24 bits per heavy atom. The summed E-state index contributed by atoms with van der Waals surface area (Å²) in [6.45, 7) is 1.82. The van der Waals surface area contributed by atoms with Crippen molar-refractivity contribution in [2.24, 2.45) is 0 Å². The highest BCUT2D eigenvalue weighted by molar-refractivity contribution is 5.95. The smallest absolute Gasteiger partial charge is 0.305 e. The van der Waals surface area contributed by atoms with Crippen molar-refractivity contribution in [2.45, 2.75) is 19.4 Å². The van der Waals surface area contributed by atoms with Crippen molar-refractivity contribution in [2.75, 3.05) is 0 Å². The van der Waals surface area contributed by atoms with Crippen molar-refractivity contribution < 1.29 is 23.5 Å². The number of rotatable bonds is 5. The molecule has 0 aliphatic heterocycles. The van der Waals surface area contributed by atoms with Gasteiger partial charge in [-0.05, 0) is 36.8 Å². The Bertz CT molecular complexity index is 934. The van der Waals surface area contributed by atoms with Gasteiger partial charge in [-0.1, -0.05) is 12.1 Å². The number of carboxylic acid groups (broad SMARTS) is 1. The summed E-state index contributed by atoms with van der Waals surface area (Å²) in [7, 11) is 0. The molecule has 0 saturated heterocycles. The van der Waals surface area contributed by atoms with E-state index < -0.39 is 23.7 Å². The highest BCUT2D eigenvalue weighted by Gasteiger charge is 2.21. The molecular formula is C18H15FN2O4. The van der Waals surface area contributed by atoms with E-state index >= 15 is 0 Å². The van der Waals surface area contributed by atoms with Gasteiger partial charge in [0.15, 0.2) is 11.3 Å². The Hall–Kier alpha value is -3.22. The number of benzene rings is 1. The number of fused-ring (bicyclic) bond motifs is 1. The lowest BCUT2D eigenvalue weighted by molar-refractivity contribution is -0.137. The lowest BCUT2D eigenvalue weighted by Crippen LogP contribution is -2.30. The molecule has 25 heavy (non-hydrogen) atoms. The molecule has 1 atom stereocenters. The lowest BCUT2D eigenvalue weighted by atomic mass is 10.0. The highest BCUT2D eigenvalue weighted by Crippen LogP contribution is 2.21. The molecule has 0 saturated carbocycles. The number of aryl methyl sites for hydroxylation is 1. The van der Waals surface area contributed by atoms with Crippen LogP contribution in [0.4, 0.5) is 4.39 Å². The number of halogens is 1. The van der Waals surface area contributed by atoms with Gasteiger partial charge in [0.2, 0.25) is 0 Å². The van der Waals surface area contributed by atoms with Crippen LogP contribution in [0.1, 0.15) is 34.3 Å². The molecule has 2 heterocycles. The minimum absolute atomic E-state index is 0.0330. The first-order valence-corrected chi connectivity index (χ1v) is 7.57. The average Bonchev–Trinajstić information content (AvgIpc) is 2.97. The lowest BCUT2D eigenvalue weighted by Gasteiger charge is -2.16. The molecular weight excluding hydrogens is 327 g/mol. The third kappa shape index (κ3) is 3.82. The standard InChI is InChI=1S/C18H15FN2O4/c1-10-2-7-15-14(20-10)8-16(25-15)18(24)21-13(9-17(22)23)11-3-5-12(19)6-4-11/h2-8,13H,9H2,1H3,(H,21,24)(H,22,23). The number of carbonyl (C=O) groups is 2. The van der Waals surface area contributed by atoms with Crippen LogP contribution in [0.15, 0.2) is 46.9 Å². The predicted molar refractivity (Wildman–Crippen MR) is 87.6 cm³/mol. The van der Waals surface area contributed by atoms with E-state index in [-0.39, 0.29) is 12.2 Å². The minimum Gasteiger partial charge on any atom is -0.481 e. The maximum atomic E-state index is 13.1. The van der Waals surface area contributed by atoms with Crippen molar-refractivity contribution in [1.82, 2.24) is 10.3 Å². The maximum Gasteiger partial charge on any atom is 0.305 e. The van der Waals surface area contributed by atoms with E-state index in [0.717, 1.165) is 5.69 Å². The quantitative estimate of drug-likeness (QED) is 0.743. The number of hydrogen-bond acceptors (Lipinski definition) is 4. The molecule has 7 heteroatoms. The van der Waals surface area contributed by atoms with Crippen LogP contribution in [0.5, 0.6) is 0 Å². The van der Waals surface area contributed by atoms with Crippen LogP contribution < -0.4 is 5.32 Å². The van der Waals surface area contributed by atoms with Gasteiger partial charge in [-0.3, -0.25) is 9.59 Å². The second kappa shape index (κ2) is 6.72. The molecule has 128 valence electrons. The molecule has 0 bridgehead atoms.